The molecule has 0 bridgehead atoms. The Morgan fingerprint density at radius 1 is 1.16 bits per heavy atom. The minimum absolute atomic E-state index is 0.0557. The summed E-state index contributed by atoms with van der Waals surface area (Å²) in [5.74, 6) is 0.319. The van der Waals surface area contributed by atoms with Gasteiger partial charge >= 0.3 is 6.03 Å². The van der Waals surface area contributed by atoms with E-state index in [1.165, 1.54) is 0 Å². The van der Waals surface area contributed by atoms with E-state index >= 15 is 0 Å². The molecular formula is C19H17N3O3. The standard InChI is InChI=1S/C19H17N3O3/c1-19(15-7-9-16(25-2)10-8-15)17(23)22(18(24)21-19)12-14-6-4-3-5-13(14)11-20/h3-10H,12H2,1-2H3,(H,21,24)/t19-/m1/s1. The lowest BCUT2D eigenvalue weighted by Crippen LogP contribution is -2.40. The molecule has 0 aliphatic carbocycles. The van der Waals surface area contributed by atoms with Gasteiger partial charge in [-0.3, -0.25) is 9.69 Å². The Morgan fingerprint density at radius 3 is 2.48 bits per heavy atom. The molecule has 0 spiro atoms. The van der Waals surface area contributed by atoms with Crippen LogP contribution in [0.4, 0.5) is 4.79 Å². The molecule has 1 N–H and O–H groups in total. The SMILES string of the molecule is COc1ccc([C@@]2(C)NC(=O)N(Cc3ccccc3C#N)C2=O)cc1. The van der Waals surface area contributed by atoms with Gasteiger partial charge in [-0.15, -0.1) is 0 Å². The molecule has 1 saturated heterocycles. The first kappa shape index (κ1) is 16.5. The van der Waals surface area contributed by atoms with Crippen molar-refractivity contribution in [2.24, 2.45) is 0 Å². The summed E-state index contributed by atoms with van der Waals surface area (Å²) in [6.07, 6.45) is 0. The van der Waals surface area contributed by atoms with Gasteiger partial charge in [0.15, 0.2) is 0 Å². The topological polar surface area (TPSA) is 82.4 Å². The van der Waals surface area contributed by atoms with Gasteiger partial charge in [0, 0.05) is 0 Å². The summed E-state index contributed by atoms with van der Waals surface area (Å²) in [6.45, 7) is 1.73. The lowest BCUT2D eigenvalue weighted by molar-refractivity contribution is -0.131. The maximum absolute atomic E-state index is 12.9. The van der Waals surface area contributed by atoms with Crippen molar-refractivity contribution in [3.8, 4) is 11.8 Å². The van der Waals surface area contributed by atoms with Crippen molar-refractivity contribution in [3.63, 3.8) is 0 Å². The molecule has 0 aromatic heterocycles. The molecule has 1 aliphatic heterocycles. The average Bonchev–Trinajstić information content (AvgIpc) is 2.86. The zero-order valence-corrected chi connectivity index (χ0v) is 13.9. The van der Waals surface area contributed by atoms with Crippen LogP contribution in [0.25, 0.3) is 0 Å². The normalized spacial score (nSPS) is 19.5. The van der Waals surface area contributed by atoms with Crippen molar-refractivity contribution in [2.75, 3.05) is 7.11 Å². The fraction of sp³-hybridized carbons (Fsp3) is 0.211. The predicted molar refractivity (Wildman–Crippen MR) is 90.6 cm³/mol. The van der Waals surface area contributed by atoms with Crippen LogP contribution in [0.5, 0.6) is 5.75 Å². The Morgan fingerprint density at radius 2 is 1.84 bits per heavy atom. The highest BCUT2D eigenvalue weighted by atomic mass is 16.5. The van der Waals surface area contributed by atoms with Crippen LogP contribution in [-0.2, 0) is 16.9 Å². The third kappa shape index (κ3) is 2.81. The molecule has 2 aromatic rings. The number of rotatable bonds is 4. The highest BCUT2D eigenvalue weighted by Gasteiger charge is 2.48. The van der Waals surface area contributed by atoms with Crippen LogP contribution in [0.15, 0.2) is 48.5 Å². The first-order chi connectivity index (χ1) is 12.0. The van der Waals surface area contributed by atoms with Crippen LogP contribution in [-0.4, -0.2) is 23.9 Å². The maximum atomic E-state index is 12.9. The molecular weight excluding hydrogens is 318 g/mol. The van der Waals surface area contributed by atoms with Crippen LogP contribution >= 0.6 is 0 Å². The second-order valence-corrected chi connectivity index (χ2v) is 5.94. The zero-order chi connectivity index (χ0) is 18.0. The smallest absolute Gasteiger partial charge is 0.325 e. The molecule has 0 radical (unpaired) electrons. The number of nitrogens with one attached hydrogen (secondary N) is 1. The summed E-state index contributed by atoms with van der Waals surface area (Å²) < 4.78 is 5.13. The number of carbonyl (C=O) groups is 2. The van der Waals surface area contributed by atoms with Gasteiger partial charge in [0.25, 0.3) is 5.91 Å². The molecule has 1 atom stereocenters. The molecule has 0 saturated carbocycles. The van der Waals surface area contributed by atoms with Gasteiger partial charge in [0.05, 0.1) is 25.3 Å². The van der Waals surface area contributed by atoms with E-state index < -0.39 is 11.6 Å². The molecule has 126 valence electrons. The fourth-order valence-electron chi connectivity index (χ4n) is 2.90. The number of hydrogen-bond acceptors (Lipinski definition) is 4. The Kier molecular flexibility index (Phi) is 4.15. The summed E-state index contributed by atoms with van der Waals surface area (Å²) in [5.41, 5.74) is 0.599. The van der Waals surface area contributed by atoms with Crippen molar-refractivity contribution in [2.45, 2.75) is 19.0 Å². The van der Waals surface area contributed by atoms with E-state index in [1.54, 1.807) is 62.6 Å². The number of urea groups is 1. The van der Waals surface area contributed by atoms with Gasteiger partial charge in [-0.05, 0) is 36.2 Å². The number of imide groups is 1. The monoisotopic (exact) mass is 335 g/mol. The van der Waals surface area contributed by atoms with E-state index in [0.717, 1.165) is 4.90 Å². The molecule has 6 heteroatoms. The van der Waals surface area contributed by atoms with E-state index in [-0.39, 0.29) is 12.5 Å². The number of nitriles is 1. The molecule has 3 amide bonds. The molecule has 6 nitrogen and oxygen atoms in total. The van der Waals surface area contributed by atoms with Gasteiger partial charge in [-0.1, -0.05) is 30.3 Å². The third-order valence-electron chi connectivity index (χ3n) is 4.41. The average molecular weight is 335 g/mol. The summed E-state index contributed by atoms with van der Waals surface area (Å²) in [7, 11) is 1.56. The molecule has 2 aromatic carbocycles. The molecule has 1 aliphatic rings. The highest BCUT2D eigenvalue weighted by Crippen LogP contribution is 2.31. The number of amides is 3. The largest absolute Gasteiger partial charge is 0.497 e. The second-order valence-electron chi connectivity index (χ2n) is 5.94. The Hall–Kier alpha value is -3.33. The zero-order valence-electron chi connectivity index (χ0n) is 13.9. The summed E-state index contributed by atoms with van der Waals surface area (Å²) in [6, 6.07) is 15.5. The van der Waals surface area contributed by atoms with Gasteiger partial charge in [0.2, 0.25) is 0 Å². The van der Waals surface area contributed by atoms with Crippen LogP contribution in [0.2, 0.25) is 0 Å². The Balaban J connectivity index is 1.90. The molecule has 1 heterocycles. The van der Waals surface area contributed by atoms with E-state index in [1.807, 2.05) is 0 Å². The van der Waals surface area contributed by atoms with Crippen molar-refractivity contribution < 1.29 is 14.3 Å². The molecule has 1 fully saturated rings. The number of carbonyl (C=O) groups excluding carboxylic acids is 2. The minimum Gasteiger partial charge on any atom is -0.497 e. The van der Waals surface area contributed by atoms with Crippen LogP contribution < -0.4 is 10.1 Å². The molecule has 25 heavy (non-hydrogen) atoms. The van der Waals surface area contributed by atoms with Crippen molar-refractivity contribution >= 4 is 11.9 Å². The van der Waals surface area contributed by atoms with E-state index in [9.17, 15) is 14.9 Å². The second kappa shape index (κ2) is 6.29. The summed E-state index contributed by atoms with van der Waals surface area (Å²) >= 11 is 0. The lowest BCUT2D eigenvalue weighted by Gasteiger charge is -2.22. The fourth-order valence-corrected chi connectivity index (χ4v) is 2.90. The Bertz CT molecular complexity index is 870. The van der Waals surface area contributed by atoms with Gasteiger partial charge in [0.1, 0.15) is 11.3 Å². The van der Waals surface area contributed by atoms with E-state index in [0.29, 0.717) is 22.4 Å². The van der Waals surface area contributed by atoms with Crippen LogP contribution in [0.3, 0.4) is 0 Å². The van der Waals surface area contributed by atoms with Crippen molar-refractivity contribution in [1.29, 1.82) is 5.26 Å². The van der Waals surface area contributed by atoms with E-state index in [2.05, 4.69) is 11.4 Å². The van der Waals surface area contributed by atoms with Crippen molar-refractivity contribution in [3.05, 3.63) is 65.2 Å². The first-order valence-corrected chi connectivity index (χ1v) is 7.76. The number of ether oxygens (including phenoxy) is 1. The van der Waals surface area contributed by atoms with Gasteiger partial charge in [-0.2, -0.15) is 5.26 Å². The van der Waals surface area contributed by atoms with Gasteiger partial charge in [-0.25, -0.2) is 4.79 Å². The van der Waals surface area contributed by atoms with Crippen molar-refractivity contribution in [1.82, 2.24) is 10.2 Å². The maximum Gasteiger partial charge on any atom is 0.325 e. The minimum atomic E-state index is -1.15. The summed E-state index contributed by atoms with van der Waals surface area (Å²) in [4.78, 5) is 26.5. The molecule has 3 rings (SSSR count). The van der Waals surface area contributed by atoms with Gasteiger partial charge < -0.3 is 10.1 Å². The highest BCUT2D eigenvalue weighted by molar-refractivity contribution is 6.07. The number of methoxy groups -OCH3 is 1. The quantitative estimate of drug-likeness (QED) is 0.871. The van der Waals surface area contributed by atoms with Crippen LogP contribution in [0, 0.1) is 11.3 Å². The number of hydrogen-bond donors (Lipinski definition) is 1. The first-order valence-electron chi connectivity index (χ1n) is 7.76. The lowest BCUT2D eigenvalue weighted by atomic mass is 9.92. The Labute approximate surface area is 145 Å². The van der Waals surface area contributed by atoms with Crippen LogP contribution in [0.1, 0.15) is 23.6 Å². The predicted octanol–water partition coefficient (Wildman–Crippen LogP) is 2.53. The number of nitrogens with zero attached hydrogens (tertiary/aromatic N) is 2. The molecule has 0 unspecified atom stereocenters. The summed E-state index contributed by atoms with van der Waals surface area (Å²) in [5, 5.41) is 11.9. The third-order valence-corrected chi connectivity index (χ3v) is 4.41. The number of benzene rings is 2. The van der Waals surface area contributed by atoms with E-state index in [4.69, 9.17) is 4.74 Å².